The van der Waals surface area contributed by atoms with Crippen LogP contribution in [0.2, 0.25) is 5.02 Å². The predicted octanol–water partition coefficient (Wildman–Crippen LogP) is 1.76. The highest BCUT2D eigenvalue weighted by Gasteiger charge is 2.10. The van der Waals surface area contributed by atoms with E-state index in [0.717, 1.165) is 12.0 Å². The number of benzene rings is 1. The lowest BCUT2D eigenvalue weighted by Crippen LogP contribution is -2.31. The monoisotopic (exact) mass is 314 g/mol. The number of methoxy groups -OCH3 is 1. The van der Waals surface area contributed by atoms with Gasteiger partial charge in [0.2, 0.25) is 0 Å². The third-order valence-electron chi connectivity index (χ3n) is 3.02. The molecule has 1 aromatic carbocycles. The van der Waals surface area contributed by atoms with Crippen LogP contribution in [0.25, 0.3) is 0 Å². The fourth-order valence-corrected chi connectivity index (χ4v) is 1.96. The minimum Gasteiger partial charge on any atom is -0.483 e. The van der Waals surface area contributed by atoms with Crippen LogP contribution in [0.5, 0.6) is 5.75 Å². The first-order valence-corrected chi connectivity index (χ1v) is 7.37. The minimum absolute atomic E-state index is 0.0420. The predicted molar refractivity (Wildman–Crippen MR) is 83.8 cm³/mol. The van der Waals surface area contributed by atoms with E-state index in [0.29, 0.717) is 30.3 Å². The summed E-state index contributed by atoms with van der Waals surface area (Å²) in [4.78, 5) is 11.6. The second-order valence-corrected chi connectivity index (χ2v) is 5.19. The van der Waals surface area contributed by atoms with Gasteiger partial charge in [0.25, 0.3) is 5.91 Å². The number of ether oxygens (including phenoxy) is 2. The van der Waals surface area contributed by atoms with Gasteiger partial charge in [-0.05, 0) is 36.6 Å². The second-order valence-electron chi connectivity index (χ2n) is 4.76. The summed E-state index contributed by atoms with van der Waals surface area (Å²) in [6.45, 7) is 2.93. The number of amides is 1. The molecule has 118 valence electrons. The van der Waals surface area contributed by atoms with Gasteiger partial charge in [-0.2, -0.15) is 0 Å². The fraction of sp³-hybridized carbons (Fsp3) is 0.533. The third-order valence-corrected chi connectivity index (χ3v) is 3.25. The van der Waals surface area contributed by atoms with Gasteiger partial charge in [0.1, 0.15) is 5.75 Å². The maximum atomic E-state index is 11.6. The lowest BCUT2D eigenvalue weighted by molar-refractivity contribution is -0.123. The summed E-state index contributed by atoms with van der Waals surface area (Å²) >= 11 is 6.00. The number of rotatable bonds is 9. The summed E-state index contributed by atoms with van der Waals surface area (Å²) in [5.41, 5.74) is 6.89. The molecule has 21 heavy (non-hydrogen) atoms. The fourth-order valence-electron chi connectivity index (χ4n) is 1.76. The zero-order valence-corrected chi connectivity index (χ0v) is 13.3. The Labute approximate surface area is 130 Å². The van der Waals surface area contributed by atoms with Crippen molar-refractivity contribution in [2.45, 2.75) is 25.8 Å². The van der Waals surface area contributed by atoms with Gasteiger partial charge < -0.3 is 20.5 Å². The molecule has 0 saturated carbocycles. The van der Waals surface area contributed by atoms with E-state index in [1.54, 1.807) is 19.2 Å². The van der Waals surface area contributed by atoms with Crippen LogP contribution in [-0.4, -0.2) is 38.8 Å². The van der Waals surface area contributed by atoms with Crippen molar-refractivity contribution in [3.8, 4) is 5.75 Å². The standard InChI is InChI=1S/C15H23ClN2O3/c1-3-13(17)9-11-8-12(16)4-5-14(11)21-10-15(19)18-6-7-20-2/h4-5,8,13H,3,6-7,9-10,17H2,1-2H3,(H,18,19). The molecule has 0 radical (unpaired) electrons. The Kier molecular flexibility index (Phi) is 8.12. The molecule has 0 heterocycles. The molecule has 0 aromatic heterocycles. The lowest BCUT2D eigenvalue weighted by atomic mass is 10.0. The first kappa shape index (κ1) is 17.8. The summed E-state index contributed by atoms with van der Waals surface area (Å²) in [6.07, 6.45) is 1.53. The number of hydrogen-bond acceptors (Lipinski definition) is 4. The van der Waals surface area contributed by atoms with Crippen LogP contribution in [0.1, 0.15) is 18.9 Å². The molecule has 6 heteroatoms. The first-order valence-electron chi connectivity index (χ1n) is 6.99. The second kappa shape index (κ2) is 9.60. The molecular weight excluding hydrogens is 292 g/mol. The number of nitrogens with one attached hydrogen (secondary N) is 1. The Bertz CT molecular complexity index is 455. The highest BCUT2D eigenvalue weighted by Crippen LogP contribution is 2.24. The average molecular weight is 315 g/mol. The SMILES string of the molecule is CCC(N)Cc1cc(Cl)ccc1OCC(=O)NCCOC. The number of hydrogen-bond donors (Lipinski definition) is 2. The normalized spacial score (nSPS) is 12.0. The van der Waals surface area contributed by atoms with Crippen molar-refractivity contribution in [3.63, 3.8) is 0 Å². The molecule has 0 fully saturated rings. The van der Waals surface area contributed by atoms with Crippen LogP contribution >= 0.6 is 11.6 Å². The van der Waals surface area contributed by atoms with E-state index in [1.165, 1.54) is 0 Å². The van der Waals surface area contributed by atoms with E-state index in [-0.39, 0.29) is 18.6 Å². The smallest absolute Gasteiger partial charge is 0.258 e. The lowest BCUT2D eigenvalue weighted by Gasteiger charge is -2.14. The summed E-state index contributed by atoms with van der Waals surface area (Å²) in [5.74, 6) is 0.456. The van der Waals surface area contributed by atoms with E-state index in [2.05, 4.69) is 5.32 Å². The Morgan fingerprint density at radius 1 is 1.48 bits per heavy atom. The first-order chi connectivity index (χ1) is 10.1. The van der Waals surface area contributed by atoms with Gasteiger partial charge in [0.15, 0.2) is 6.61 Å². The summed E-state index contributed by atoms with van der Waals surface area (Å²) in [5, 5.41) is 3.33. The van der Waals surface area contributed by atoms with E-state index in [4.69, 9.17) is 26.8 Å². The van der Waals surface area contributed by atoms with Crippen molar-refractivity contribution in [2.24, 2.45) is 5.73 Å². The molecule has 1 amide bonds. The van der Waals surface area contributed by atoms with Gasteiger partial charge in [-0.3, -0.25) is 4.79 Å². The molecule has 1 aromatic rings. The Balaban J connectivity index is 2.59. The Morgan fingerprint density at radius 3 is 2.90 bits per heavy atom. The van der Waals surface area contributed by atoms with Gasteiger partial charge in [0.05, 0.1) is 6.61 Å². The largest absolute Gasteiger partial charge is 0.483 e. The molecule has 0 saturated heterocycles. The van der Waals surface area contributed by atoms with Gasteiger partial charge in [-0.25, -0.2) is 0 Å². The zero-order valence-electron chi connectivity index (χ0n) is 12.5. The molecule has 0 aliphatic rings. The molecule has 0 aliphatic heterocycles. The Morgan fingerprint density at radius 2 is 2.24 bits per heavy atom. The number of carbonyl (C=O) groups excluding carboxylic acids is 1. The molecule has 1 atom stereocenters. The number of halogens is 1. The van der Waals surface area contributed by atoms with E-state index < -0.39 is 0 Å². The molecule has 0 aliphatic carbocycles. The molecule has 1 unspecified atom stereocenters. The summed E-state index contributed by atoms with van der Waals surface area (Å²) < 4.78 is 10.4. The van der Waals surface area contributed by atoms with Crippen LogP contribution in [0, 0.1) is 0 Å². The van der Waals surface area contributed by atoms with Crippen molar-refractivity contribution < 1.29 is 14.3 Å². The van der Waals surface area contributed by atoms with Crippen LogP contribution < -0.4 is 15.8 Å². The topological polar surface area (TPSA) is 73.6 Å². The quantitative estimate of drug-likeness (QED) is 0.681. The highest BCUT2D eigenvalue weighted by molar-refractivity contribution is 6.30. The molecule has 5 nitrogen and oxygen atoms in total. The van der Waals surface area contributed by atoms with Crippen molar-refractivity contribution in [2.75, 3.05) is 26.9 Å². The van der Waals surface area contributed by atoms with Crippen LogP contribution in [0.3, 0.4) is 0 Å². The van der Waals surface area contributed by atoms with E-state index in [1.807, 2.05) is 13.0 Å². The molecule has 0 spiro atoms. The van der Waals surface area contributed by atoms with E-state index >= 15 is 0 Å². The van der Waals surface area contributed by atoms with Crippen molar-refractivity contribution in [1.29, 1.82) is 0 Å². The molecule has 1 rings (SSSR count). The van der Waals surface area contributed by atoms with Crippen molar-refractivity contribution in [3.05, 3.63) is 28.8 Å². The number of carbonyl (C=O) groups is 1. The number of nitrogens with two attached hydrogens (primary N) is 1. The van der Waals surface area contributed by atoms with Crippen LogP contribution in [0.15, 0.2) is 18.2 Å². The van der Waals surface area contributed by atoms with Crippen molar-refractivity contribution >= 4 is 17.5 Å². The van der Waals surface area contributed by atoms with Crippen LogP contribution in [-0.2, 0) is 16.0 Å². The van der Waals surface area contributed by atoms with Gasteiger partial charge in [-0.15, -0.1) is 0 Å². The molecule has 0 bridgehead atoms. The van der Waals surface area contributed by atoms with Crippen molar-refractivity contribution in [1.82, 2.24) is 5.32 Å². The Hall–Kier alpha value is -1.30. The molecular formula is C15H23ClN2O3. The van der Waals surface area contributed by atoms with Gasteiger partial charge in [-0.1, -0.05) is 18.5 Å². The molecule has 3 N–H and O–H groups in total. The van der Waals surface area contributed by atoms with Gasteiger partial charge in [0, 0.05) is 24.7 Å². The summed E-state index contributed by atoms with van der Waals surface area (Å²) in [7, 11) is 1.58. The minimum atomic E-state index is -0.187. The maximum Gasteiger partial charge on any atom is 0.258 e. The zero-order chi connectivity index (χ0) is 15.7. The maximum absolute atomic E-state index is 11.6. The summed E-state index contributed by atoms with van der Waals surface area (Å²) in [6, 6.07) is 5.37. The average Bonchev–Trinajstić information content (AvgIpc) is 2.46. The third kappa shape index (κ3) is 6.80. The van der Waals surface area contributed by atoms with E-state index in [9.17, 15) is 4.79 Å². The van der Waals surface area contributed by atoms with Gasteiger partial charge >= 0.3 is 0 Å². The van der Waals surface area contributed by atoms with Crippen LogP contribution in [0.4, 0.5) is 0 Å². The highest BCUT2D eigenvalue weighted by atomic mass is 35.5.